The number of fused-ring (bicyclic) bond motifs is 1. The SMILES string of the molecule is CC(C)(C)c1nnc(CN2CCCc3c(N)cccc32)o1. The molecule has 0 spiro atoms. The maximum atomic E-state index is 6.08. The number of anilines is 2. The van der Waals surface area contributed by atoms with Crippen molar-refractivity contribution in [2.24, 2.45) is 0 Å². The Morgan fingerprint density at radius 1 is 1.29 bits per heavy atom. The number of hydrogen-bond acceptors (Lipinski definition) is 5. The normalized spacial score (nSPS) is 15.1. The van der Waals surface area contributed by atoms with Gasteiger partial charge in [0.05, 0.1) is 6.54 Å². The van der Waals surface area contributed by atoms with Crippen molar-refractivity contribution in [1.29, 1.82) is 0 Å². The molecule has 2 heterocycles. The van der Waals surface area contributed by atoms with Gasteiger partial charge in [0, 0.05) is 23.3 Å². The van der Waals surface area contributed by atoms with E-state index in [1.165, 1.54) is 11.3 Å². The number of nitrogen functional groups attached to an aromatic ring is 1. The monoisotopic (exact) mass is 286 g/mol. The quantitative estimate of drug-likeness (QED) is 0.860. The molecule has 1 aromatic carbocycles. The van der Waals surface area contributed by atoms with Gasteiger partial charge in [-0.15, -0.1) is 10.2 Å². The van der Waals surface area contributed by atoms with E-state index in [0.29, 0.717) is 18.3 Å². The van der Waals surface area contributed by atoms with E-state index < -0.39 is 0 Å². The number of hydrogen-bond donors (Lipinski definition) is 1. The predicted molar refractivity (Wildman–Crippen MR) is 83.2 cm³/mol. The molecule has 0 amide bonds. The van der Waals surface area contributed by atoms with Crippen molar-refractivity contribution in [2.75, 3.05) is 17.2 Å². The van der Waals surface area contributed by atoms with Crippen LogP contribution in [-0.2, 0) is 18.4 Å². The first kappa shape index (κ1) is 13.9. The Bertz CT molecular complexity index is 642. The standard InChI is InChI=1S/C16H22N4O/c1-16(2,3)15-19-18-14(21-15)10-20-9-5-6-11-12(17)7-4-8-13(11)20/h4,7-8H,5-6,9-10,17H2,1-3H3. The van der Waals surface area contributed by atoms with Gasteiger partial charge in [-0.1, -0.05) is 26.8 Å². The highest BCUT2D eigenvalue weighted by Gasteiger charge is 2.24. The average molecular weight is 286 g/mol. The van der Waals surface area contributed by atoms with Crippen molar-refractivity contribution in [3.8, 4) is 0 Å². The highest BCUT2D eigenvalue weighted by atomic mass is 16.4. The molecule has 1 aliphatic heterocycles. The van der Waals surface area contributed by atoms with Gasteiger partial charge in [-0.05, 0) is 30.5 Å². The second-order valence-corrected chi connectivity index (χ2v) is 6.62. The molecule has 0 unspecified atom stereocenters. The van der Waals surface area contributed by atoms with Crippen LogP contribution in [0.1, 0.15) is 44.5 Å². The lowest BCUT2D eigenvalue weighted by molar-refractivity contribution is 0.369. The van der Waals surface area contributed by atoms with Crippen LogP contribution >= 0.6 is 0 Å². The summed E-state index contributed by atoms with van der Waals surface area (Å²) in [5.41, 5.74) is 9.26. The van der Waals surface area contributed by atoms with Gasteiger partial charge in [0.2, 0.25) is 11.8 Å². The molecule has 0 saturated carbocycles. The molecule has 0 atom stereocenters. The van der Waals surface area contributed by atoms with Crippen LogP contribution in [0.4, 0.5) is 11.4 Å². The van der Waals surface area contributed by atoms with E-state index in [1.54, 1.807) is 0 Å². The van der Waals surface area contributed by atoms with Crippen LogP contribution in [-0.4, -0.2) is 16.7 Å². The molecular weight excluding hydrogens is 264 g/mol. The van der Waals surface area contributed by atoms with Crippen molar-refractivity contribution in [3.63, 3.8) is 0 Å². The van der Waals surface area contributed by atoms with Crippen LogP contribution in [0.5, 0.6) is 0 Å². The summed E-state index contributed by atoms with van der Waals surface area (Å²) in [4.78, 5) is 2.27. The molecule has 112 valence electrons. The van der Waals surface area contributed by atoms with Gasteiger partial charge in [0.25, 0.3) is 0 Å². The zero-order valence-corrected chi connectivity index (χ0v) is 12.9. The first-order valence-electron chi connectivity index (χ1n) is 7.40. The summed E-state index contributed by atoms with van der Waals surface area (Å²) in [6, 6.07) is 6.08. The smallest absolute Gasteiger partial charge is 0.235 e. The van der Waals surface area contributed by atoms with Crippen LogP contribution < -0.4 is 10.6 Å². The van der Waals surface area contributed by atoms with Crippen LogP contribution in [0.2, 0.25) is 0 Å². The van der Waals surface area contributed by atoms with E-state index in [9.17, 15) is 0 Å². The molecule has 0 saturated heterocycles. The van der Waals surface area contributed by atoms with Crippen molar-refractivity contribution >= 4 is 11.4 Å². The van der Waals surface area contributed by atoms with Crippen LogP contribution in [0.25, 0.3) is 0 Å². The van der Waals surface area contributed by atoms with Gasteiger partial charge in [-0.3, -0.25) is 0 Å². The lowest BCUT2D eigenvalue weighted by Crippen LogP contribution is -2.29. The van der Waals surface area contributed by atoms with Crippen LogP contribution in [0.3, 0.4) is 0 Å². The topological polar surface area (TPSA) is 68.2 Å². The molecule has 3 rings (SSSR count). The highest BCUT2D eigenvalue weighted by Crippen LogP contribution is 2.32. The number of aromatic nitrogens is 2. The fourth-order valence-electron chi connectivity index (χ4n) is 2.68. The maximum absolute atomic E-state index is 6.08. The molecule has 0 radical (unpaired) electrons. The molecule has 5 heteroatoms. The predicted octanol–water partition coefficient (Wildman–Crippen LogP) is 2.90. The number of nitrogens with two attached hydrogens (primary N) is 1. The molecule has 0 aliphatic carbocycles. The molecule has 1 aromatic heterocycles. The first-order valence-corrected chi connectivity index (χ1v) is 7.40. The van der Waals surface area contributed by atoms with E-state index in [2.05, 4.69) is 41.9 Å². The lowest BCUT2D eigenvalue weighted by atomic mass is 9.97. The third-order valence-corrected chi connectivity index (χ3v) is 3.82. The maximum Gasteiger partial charge on any atom is 0.235 e. The summed E-state index contributed by atoms with van der Waals surface area (Å²) in [6.07, 6.45) is 2.14. The summed E-state index contributed by atoms with van der Waals surface area (Å²) >= 11 is 0. The Morgan fingerprint density at radius 2 is 2.10 bits per heavy atom. The molecular formula is C16H22N4O. The van der Waals surface area contributed by atoms with E-state index in [0.717, 1.165) is 25.1 Å². The Balaban J connectivity index is 1.84. The molecule has 2 aromatic rings. The van der Waals surface area contributed by atoms with Gasteiger partial charge >= 0.3 is 0 Å². The molecule has 5 nitrogen and oxygen atoms in total. The van der Waals surface area contributed by atoms with E-state index in [1.807, 2.05) is 12.1 Å². The zero-order valence-electron chi connectivity index (χ0n) is 12.9. The Labute approximate surface area is 125 Å². The summed E-state index contributed by atoms with van der Waals surface area (Å²) in [5.74, 6) is 1.34. The first-order chi connectivity index (χ1) is 9.95. The Morgan fingerprint density at radius 3 is 2.81 bits per heavy atom. The van der Waals surface area contributed by atoms with Crippen molar-refractivity contribution in [1.82, 2.24) is 10.2 Å². The van der Waals surface area contributed by atoms with Gasteiger partial charge in [-0.25, -0.2) is 0 Å². The summed E-state index contributed by atoms with van der Waals surface area (Å²) < 4.78 is 5.80. The van der Waals surface area contributed by atoms with E-state index in [-0.39, 0.29) is 5.41 Å². The summed E-state index contributed by atoms with van der Waals surface area (Å²) in [6.45, 7) is 7.84. The van der Waals surface area contributed by atoms with E-state index in [4.69, 9.17) is 10.2 Å². The average Bonchev–Trinajstić information content (AvgIpc) is 2.89. The fourth-order valence-corrected chi connectivity index (χ4v) is 2.68. The number of nitrogens with zero attached hydrogens (tertiary/aromatic N) is 3. The zero-order chi connectivity index (χ0) is 15.0. The minimum atomic E-state index is -0.116. The van der Waals surface area contributed by atoms with Crippen molar-refractivity contribution < 1.29 is 4.42 Å². The van der Waals surface area contributed by atoms with Gasteiger partial charge < -0.3 is 15.1 Å². The molecule has 21 heavy (non-hydrogen) atoms. The van der Waals surface area contributed by atoms with Gasteiger partial charge in [0.15, 0.2) is 0 Å². The summed E-state index contributed by atoms with van der Waals surface area (Å²) in [7, 11) is 0. The second-order valence-electron chi connectivity index (χ2n) is 6.62. The Hall–Kier alpha value is -2.04. The van der Waals surface area contributed by atoms with Crippen LogP contribution in [0.15, 0.2) is 22.6 Å². The Kier molecular flexibility index (Phi) is 3.35. The third kappa shape index (κ3) is 2.73. The molecule has 0 bridgehead atoms. The van der Waals surface area contributed by atoms with Crippen molar-refractivity contribution in [3.05, 3.63) is 35.5 Å². The lowest BCUT2D eigenvalue weighted by Gasteiger charge is -2.30. The summed E-state index contributed by atoms with van der Waals surface area (Å²) in [5, 5.41) is 8.34. The number of benzene rings is 1. The number of rotatable bonds is 2. The third-order valence-electron chi connectivity index (χ3n) is 3.82. The second kappa shape index (κ2) is 5.06. The largest absolute Gasteiger partial charge is 0.423 e. The minimum Gasteiger partial charge on any atom is -0.423 e. The molecule has 1 aliphatic rings. The van der Waals surface area contributed by atoms with Gasteiger partial charge in [0.1, 0.15) is 0 Å². The van der Waals surface area contributed by atoms with Gasteiger partial charge in [-0.2, -0.15) is 0 Å². The van der Waals surface area contributed by atoms with E-state index >= 15 is 0 Å². The highest BCUT2D eigenvalue weighted by molar-refractivity contribution is 5.66. The minimum absolute atomic E-state index is 0.116. The molecule has 2 N–H and O–H groups in total. The molecule has 0 fully saturated rings. The van der Waals surface area contributed by atoms with Crippen molar-refractivity contribution in [2.45, 2.75) is 45.6 Å². The van der Waals surface area contributed by atoms with Crippen LogP contribution in [0, 0.1) is 0 Å². The fraction of sp³-hybridized carbons (Fsp3) is 0.500.